The Kier molecular flexibility index (Phi) is 6.29. The highest BCUT2D eigenvalue weighted by Gasteiger charge is 2.24. The molecule has 32 heavy (non-hydrogen) atoms. The van der Waals surface area contributed by atoms with Crippen LogP contribution in [0.15, 0.2) is 30.7 Å². The summed E-state index contributed by atoms with van der Waals surface area (Å²) >= 11 is 5.91. The maximum Gasteiger partial charge on any atom is 0.226 e. The zero-order chi connectivity index (χ0) is 21.9. The van der Waals surface area contributed by atoms with Crippen LogP contribution in [0.2, 0.25) is 5.02 Å². The lowest BCUT2D eigenvalue weighted by Gasteiger charge is -2.35. The smallest absolute Gasteiger partial charge is 0.226 e. The molecule has 2 fully saturated rings. The number of nitrogens with zero attached hydrogens (tertiary/aromatic N) is 5. The number of fused-ring (bicyclic) bond motifs is 1. The molecule has 0 radical (unpaired) electrons. The number of rotatable bonds is 5. The molecule has 3 aromatic rings. The monoisotopic (exact) mass is 456 g/mol. The van der Waals surface area contributed by atoms with Gasteiger partial charge in [-0.1, -0.05) is 11.6 Å². The highest BCUT2D eigenvalue weighted by Crippen LogP contribution is 2.26. The van der Waals surface area contributed by atoms with E-state index in [1.807, 2.05) is 0 Å². The standard InChI is InChI=1S/C22H26ClFN8/c23-17-11-16(1-2-18(17)24)30-21-20-19(27-13-28-21)12-26-22(31-20)32-9-5-15(6-10-32)29-14-3-7-25-8-4-14/h1-2,11-15,25,29H,3-10H2,(H,27,28,30). The molecule has 2 aromatic heterocycles. The number of piperidine rings is 2. The molecule has 2 aliphatic heterocycles. The lowest BCUT2D eigenvalue weighted by atomic mass is 10.0. The molecule has 1 aromatic carbocycles. The molecule has 0 aliphatic carbocycles. The van der Waals surface area contributed by atoms with Crippen molar-refractivity contribution in [2.45, 2.75) is 37.8 Å². The first kappa shape index (κ1) is 21.2. The molecular formula is C22H26ClFN8. The molecule has 2 saturated heterocycles. The molecule has 4 heterocycles. The van der Waals surface area contributed by atoms with Gasteiger partial charge in [0.25, 0.3) is 0 Å². The summed E-state index contributed by atoms with van der Waals surface area (Å²) in [6.07, 6.45) is 7.70. The molecule has 0 unspecified atom stereocenters. The Hall–Kier alpha value is -2.62. The van der Waals surface area contributed by atoms with Crippen molar-refractivity contribution in [1.82, 2.24) is 30.6 Å². The van der Waals surface area contributed by atoms with Crippen LogP contribution in [-0.4, -0.2) is 58.2 Å². The minimum absolute atomic E-state index is 0.0460. The topological polar surface area (TPSA) is 90.9 Å². The van der Waals surface area contributed by atoms with E-state index in [9.17, 15) is 4.39 Å². The van der Waals surface area contributed by atoms with Crippen molar-refractivity contribution in [3.05, 3.63) is 41.6 Å². The average Bonchev–Trinajstić information content (AvgIpc) is 2.83. The zero-order valence-corrected chi connectivity index (χ0v) is 18.4. The first-order valence-corrected chi connectivity index (χ1v) is 11.4. The molecule has 168 valence electrons. The summed E-state index contributed by atoms with van der Waals surface area (Å²) in [5.41, 5.74) is 1.89. The van der Waals surface area contributed by atoms with Crippen molar-refractivity contribution < 1.29 is 4.39 Å². The molecule has 0 atom stereocenters. The van der Waals surface area contributed by atoms with Gasteiger partial charge in [-0.25, -0.2) is 24.3 Å². The maximum atomic E-state index is 13.5. The quantitative estimate of drug-likeness (QED) is 0.539. The normalized spacial score (nSPS) is 18.2. The summed E-state index contributed by atoms with van der Waals surface area (Å²) in [6.45, 7) is 4.00. The van der Waals surface area contributed by atoms with Crippen LogP contribution in [0, 0.1) is 5.82 Å². The predicted octanol–water partition coefficient (Wildman–Crippen LogP) is 3.27. The van der Waals surface area contributed by atoms with E-state index < -0.39 is 5.82 Å². The van der Waals surface area contributed by atoms with E-state index in [1.54, 1.807) is 12.3 Å². The first-order chi connectivity index (χ1) is 15.7. The van der Waals surface area contributed by atoms with E-state index >= 15 is 0 Å². The van der Waals surface area contributed by atoms with Gasteiger partial charge in [-0.05, 0) is 57.0 Å². The summed E-state index contributed by atoms with van der Waals surface area (Å²) in [4.78, 5) is 20.1. The summed E-state index contributed by atoms with van der Waals surface area (Å²) < 4.78 is 13.5. The van der Waals surface area contributed by atoms with Gasteiger partial charge in [0.2, 0.25) is 5.95 Å². The zero-order valence-electron chi connectivity index (χ0n) is 17.7. The average molecular weight is 457 g/mol. The van der Waals surface area contributed by atoms with Crippen LogP contribution < -0.4 is 20.9 Å². The van der Waals surface area contributed by atoms with Crippen LogP contribution in [0.5, 0.6) is 0 Å². The summed E-state index contributed by atoms with van der Waals surface area (Å²) in [7, 11) is 0. The van der Waals surface area contributed by atoms with Gasteiger partial charge in [-0.3, -0.25) is 0 Å². The van der Waals surface area contributed by atoms with Crippen LogP contribution >= 0.6 is 11.6 Å². The van der Waals surface area contributed by atoms with Crippen molar-refractivity contribution in [1.29, 1.82) is 0 Å². The molecule has 2 aliphatic rings. The Morgan fingerprint density at radius 1 is 1.03 bits per heavy atom. The predicted molar refractivity (Wildman–Crippen MR) is 124 cm³/mol. The van der Waals surface area contributed by atoms with Gasteiger partial charge < -0.3 is 20.9 Å². The number of nitrogens with one attached hydrogen (secondary N) is 3. The molecule has 5 rings (SSSR count). The van der Waals surface area contributed by atoms with Crippen LogP contribution in [0.25, 0.3) is 11.0 Å². The Bertz CT molecular complexity index is 1080. The third kappa shape index (κ3) is 4.74. The van der Waals surface area contributed by atoms with E-state index in [1.165, 1.54) is 31.3 Å². The van der Waals surface area contributed by atoms with Gasteiger partial charge in [-0.2, -0.15) is 0 Å². The number of hydrogen-bond donors (Lipinski definition) is 3. The van der Waals surface area contributed by atoms with Crippen molar-refractivity contribution in [3.8, 4) is 0 Å². The number of hydrogen-bond acceptors (Lipinski definition) is 8. The molecule has 10 heteroatoms. The second kappa shape index (κ2) is 9.48. The minimum Gasteiger partial charge on any atom is -0.341 e. The Morgan fingerprint density at radius 3 is 2.59 bits per heavy atom. The highest BCUT2D eigenvalue weighted by atomic mass is 35.5. The fourth-order valence-corrected chi connectivity index (χ4v) is 4.55. The van der Waals surface area contributed by atoms with Gasteiger partial charge in [0, 0.05) is 30.9 Å². The minimum atomic E-state index is -0.465. The van der Waals surface area contributed by atoms with E-state index in [0.717, 1.165) is 39.0 Å². The number of aromatic nitrogens is 4. The van der Waals surface area contributed by atoms with E-state index in [-0.39, 0.29) is 5.02 Å². The summed E-state index contributed by atoms with van der Waals surface area (Å²) in [6, 6.07) is 5.61. The van der Waals surface area contributed by atoms with Crippen LogP contribution in [0.1, 0.15) is 25.7 Å². The lowest BCUT2D eigenvalue weighted by molar-refractivity contribution is 0.315. The molecule has 0 amide bonds. The van der Waals surface area contributed by atoms with Gasteiger partial charge in [-0.15, -0.1) is 0 Å². The number of anilines is 3. The van der Waals surface area contributed by atoms with E-state index in [4.69, 9.17) is 16.6 Å². The van der Waals surface area contributed by atoms with Crippen molar-refractivity contribution >= 4 is 40.1 Å². The van der Waals surface area contributed by atoms with Crippen LogP contribution in [0.3, 0.4) is 0 Å². The molecule has 8 nitrogen and oxygen atoms in total. The van der Waals surface area contributed by atoms with Gasteiger partial charge in [0.15, 0.2) is 5.82 Å². The Labute approximate surface area is 191 Å². The SMILES string of the molecule is Fc1ccc(Nc2ncnc3cnc(N4CCC(NC5CCNCC5)CC4)nc23)cc1Cl. The first-order valence-electron chi connectivity index (χ1n) is 11.1. The van der Waals surface area contributed by atoms with Crippen molar-refractivity contribution in [3.63, 3.8) is 0 Å². The number of halogens is 2. The Balaban J connectivity index is 1.30. The molecule has 3 N–H and O–H groups in total. The second-order valence-electron chi connectivity index (χ2n) is 8.33. The number of benzene rings is 1. The van der Waals surface area contributed by atoms with Gasteiger partial charge in [0.1, 0.15) is 23.2 Å². The summed E-state index contributed by atoms with van der Waals surface area (Å²) in [5, 5.41) is 10.5. The molecule has 0 spiro atoms. The van der Waals surface area contributed by atoms with Crippen LogP contribution in [-0.2, 0) is 0 Å². The van der Waals surface area contributed by atoms with Crippen LogP contribution in [0.4, 0.5) is 21.8 Å². The van der Waals surface area contributed by atoms with Crippen molar-refractivity contribution in [2.24, 2.45) is 0 Å². The molecule has 0 bridgehead atoms. The van der Waals surface area contributed by atoms with Gasteiger partial charge >= 0.3 is 0 Å². The summed E-state index contributed by atoms with van der Waals surface area (Å²) in [5.74, 6) is 0.740. The largest absolute Gasteiger partial charge is 0.341 e. The third-order valence-corrected chi connectivity index (χ3v) is 6.43. The van der Waals surface area contributed by atoms with Crippen molar-refractivity contribution in [2.75, 3.05) is 36.4 Å². The molecule has 0 saturated carbocycles. The Morgan fingerprint density at radius 2 is 1.81 bits per heavy atom. The maximum absolute atomic E-state index is 13.5. The second-order valence-corrected chi connectivity index (χ2v) is 8.74. The highest BCUT2D eigenvalue weighted by molar-refractivity contribution is 6.31. The lowest BCUT2D eigenvalue weighted by Crippen LogP contribution is -2.49. The fourth-order valence-electron chi connectivity index (χ4n) is 4.37. The van der Waals surface area contributed by atoms with E-state index in [0.29, 0.717) is 40.6 Å². The van der Waals surface area contributed by atoms with E-state index in [2.05, 4.69) is 35.8 Å². The third-order valence-electron chi connectivity index (χ3n) is 6.14. The fraction of sp³-hybridized carbons (Fsp3) is 0.455. The van der Waals surface area contributed by atoms with Gasteiger partial charge in [0.05, 0.1) is 11.2 Å². The molecular weight excluding hydrogens is 431 g/mol.